The molecular formula is C35H25N3O. The first-order valence-electron chi connectivity index (χ1n) is 13.0. The summed E-state index contributed by atoms with van der Waals surface area (Å²) < 4.78 is 0. The normalized spacial score (nSPS) is 20.7. The fourth-order valence-electron chi connectivity index (χ4n) is 6.32. The highest BCUT2D eigenvalue weighted by Gasteiger charge is 2.54. The maximum absolute atomic E-state index is 14.4. The molecule has 39 heavy (non-hydrogen) atoms. The minimum absolute atomic E-state index is 0.0175. The lowest BCUT2D eigenvalue weighted by molar-refractivity contribution is 0.0874. The van der Waals surface area contributed by atoms with Gasteiger partial charge in [0.25, 0.3) is 0 Å². The van der Waals surface area contributed by atoms with Gasteiger partial charge < -0.3 is 4.90 Å². The van der Waals surface area contributed by atoms with E-state index in [4.69, 9.17) is 0 Å². The zero-order chi connectivity index (χ0) is 26.8. The molecule has 1 saturated heterocycles. The van der Waals surface area contributed by atoms with Crippen LogP contribution < -0.4 is 0 Å². The van der Waals surface area contributed by atoms with E-state index in [1.807, 2.05) is 97.2 Å². The van der Waals surface area contributed by atoms with E-state index in [2.05, 4.69) is 47.4 Å². The molecule has 6 rings (SSSR count). The molecule has 0 amide bonds. The molecule has 2 aliphatic rings. The van der Waals surface area contributed by atoms with Gasteiger partial charge in [-0.2, -0.15) is 10.5 Å². The van der Waals surface area contributed by atoms with Crippen molar-refractivity contribution in [3.8, 4) is 12.1 Å². The molecule has 0 aromatic heterocycles. The molecule has 0 radical (unpaired) electrons. The molecule has 0 bridgehead atoms. The van der Waals surface area contributed by atoms with Crippen molar-refractivity contribution < 1.29 is 4.79 Å². The van der Waals surface area contributed by atoms with Crippen LogP contribution in [0.3, 0.4) is 0 Å². The number of allylic oxidation sites excluding steroid dienone is 1. The number of ketones is 1. The maximum Gasteiger partial charge on any atom is 0.185 e. The van der Waals surface area contributed by atoms with Crippen LogP contribution in [0.25, 0.3) is 11.6 Å². The topological polar surface area (TPSA) is 67.9 Å². The van der Waals surface area contributed by atoms with Crippen LogP contribution in [0.4, 0.5) is 0 Å². The van der Waals surface area contributed by atoms with Gasteiger partial charge >= 0.3 is 0 Å². The number of benzene rings is 4. The molecule has 0 spiro atoms. The Morgan fingerprint density at radius 1 is 0.692 bits per heavy atom. The lowest BCUT2D eigenvalue weighted by Gasteiger charge is -2.35. The van der Waals surface area contributed by atoms with Gasteiger partial charge in [-0.25, -0.2) is 0 Å². The number of nitrogens with zero attached hydrogens (tertiary/aromatic N) is 3. The Hall–Kier alpha value is -5.19. The third-order valence-electron chi connectivity index (χ3n) is 7.87. The predicted octanol–water partition coefficient (Wildman–Crippen LogP) is 7.18. The molecule has 0 aliphatic carbocycles. The first kappa shape index (κ1) is 24.2. The van der Waals surface area contributed by atoms with Crippen molar-refractivity contribution >= 4 is 17.4 Å². The van der Waals surface area contributed by atoms with Crippen molar-refractivity contribution in [1.29, 1.82) is 10.5 Å². The van der Waals surface area contributed by atoms with Gasteiger partial charge in [0.15, 0.2) is 5.78 Å². The summed E-state index contributed by atoms with van der Waals surface area (Å²) in [6.45, 7) is 0. The molecular weight excluding hydrogens is 478 g/mol. The van der Waals surface area contributed by atoms with Crippen molar-refractivity contribution in [2.45, 2.75) is 18.0 Å². The first-order valence-corrected chi connectivity index (χ1v) is 13.0. The molecule has 0 saturated carbocycles. The lowest BCUT2D eigenvalue weighted by atomic mass is 9.71. The smallest absolute Gasteiger partial charge is 0.185 e. The maximum atomic E-state index is 14.4. The van der Waals surface area contributed by atoms with Crippen LogP contribution in [0.5, 0.6) is 0 Å². The summed E-state index contributed by atoms with van der Waals surface area (Å²) >= 11 is 0. The van der Waals surface area contributed by atoms with Gasteiger partial charge in [0.2, 0.25) is 0 Å². The Morgan fingerprint density at radius 2 is 1.26 bits per heavy atom. The molecule has 4 atom stereocenters. The van der Waals surface area contributed by atoms with Gasteiger partial charge in [-0.15, -0.1) is 0 Å². The minimum atomic E-state index is -0.535. The van der Waals surface area contributed by atoms with Gasteiger partial charge in [-0.3, -0.25) is 4.79 Å². The minimum Gasteiger partial charge on any atom is -0.359 e. The predicted molar refractivity (Wildman–Crippen MR) is 152 cm³/mol. The SMILES string of the molecule is N#CC(C#N)=C(c1ccccc1)[C@@H]1[C@@H](c2ccccc2)[C@@H](C(=O)c2ccccc2)N2C=Cc3ccccc3[C@@H]12. The third-order valence-corrected chi connectivity index (χ3v) is 7.87. The second-order valence-electron chi connectivity index (χ2n) is 9.85. The van der Waals surface area contributed by atoms with E-state index in [0.29, 0.717) is 11.1 Å². The molecule has 4 nitrogen and oxygen atoms in total. The van der Waals surface area contributed by atoms with Gasteiger partial charge in [0.05, 0.1) is 12.1 Å². The number of fused-ring (bicyclic) bond motifs is 3. The quantitative estimate of drug-likeness (QED) is 0.214. The van der Waals surface area contributed by atoms with Crippen LogP contribution in [0.15, 0.2) is 127 Å². The van der Waals surface area contributed by atoms with Crippen LogP contribution in [0, 0.1) is 28.6 Å². The summed E-state index contributed by atoms with van der Waals surface area (Å²) in [5.41, 5.74) is 5.37. The van der Waals surface area contributed by atoms with Crippen molar-refractivity contribution in [1.82, 2.24) is 4.90 Å². The number of rotatable bonds is 5. The summed E-state index contributed by atoms with van der Waals surface area (Å²) in [4.78, 5) is 16.6. The van der Waals surface area contributed by atoms with Gasteiger partial charge in [0, 0.05) is 23.6 Å². The number of Topliss-reactive ketones (excluding diaryl/α,β-unsaturated/α-hetero) is 1. The standard InChI is InChI=1S/C35H25N3O/c36-22-28(23-37)30(25-13-4-1-5-14-25)32-31(26-15-6-2-7-16-26)34(35(39)27-17-8-3-9-18-27)38-21-20-24-12-10-11-19-29(24)33(32)38/h1-21,31-34H/t31-,32-,33+,34+/m1/s1. The van der Waals surface area contributed by atoms with Crippen LogP contribution >= 0.6 is 0 Å². The summed E-state index contributed by atoms with van der Waals surface area (Å²) in [6.07, 6.45) is 4.08. The molecule has 2 heterocycles. The van der Waals surface area contributed by atoms with Crippen molar-refractivity contribution in [2.24, 2.45) is 5.92 Å². The number of hydrogen-bond donors (Lipinski definition) is 0. The molecule has 4 heteroatoms. The summed E-state index contributed by atoms with van der Waals surface area (Å²) in [6, 6.07) is 40.9. The second kappa shape index (κ2) is 10.3. The van der Waals surface area contributed by atoms with Crippen molar-refractivity contribution in [3.05, 3.63) is 155 Å². The molecule has 186 valence electrons. The van der Waals surface area contributed by atoms with E-state index < -0.39 is 6.04 Å². The van der Waals surface area contributed by atoms with E-state index in [9.17, 15) is 15.3 Å². The van der Waals surface area contributed by atoms with Crippen molar-refractivity contribution in [3.63, 3.8) is 0 Å². The van der Waals surface area contributed by atoms with Crippen LogP contribution in [0.1, 0.15) is 44.6 Å². The highest BCUT2D eigenvalue weighted by Crippen LogP contribution is 2.58. The fourth-order valence-corrected chi connectivity index (χ4v) is 6.32. The van der Waals surface area contributed by atoms with Gasteiger partial charge in [-0.05, 0) is 33.9 Å². The van der Waals surface area contributed by atoms with E-state index >= 15 is 0 Å². The highest BCUT2D eigenvalue weighted by atomic mass is 16.1. The van der Waals surface area contributed by atoms with E-state index in [-0.39, 0.29) is 29.2 Å². The van der Waals surface area contributed by atoms with Crippen molar-refractivity contribution in [2.75, 3.05) is 0 Å². The molecule has 4 aromatic rings. The van der Waals surface area contributed by atoms with Gasteiger partial charge in [-0.1, -0.05) is 115 Å². The largest absolute Gasteiger partial charge is 0.359 e. The Morgan fingerprint density at radius 3 is 1.90 bits per heavy atom. The molecule has 4 aromatic carbocycles. The third kappa shape index (κ3) is 4.13. The molecule has 2 aliphatic heterocycles. The Bertz CT molecular complexity index is 1640. The zero-order valence-corrected chi connectivity index (χ0v) is 21.2. The van der Waals surface area contributed by atoms with Gasteiger partial charge in [0.1, 0.15) is 17.7 Å². The number of carbonyl (C=O) groups is 1. The Labute approximate surface area is 228 Å². The number of hydrogen-bond acceptors (Lipinski definition) is 4. The lowest BCUT2D eigenvalue weighted by Crippen LogP contribution is -2.37. The monoisotopic (exact) mass is 503 g/mol. The summed E-state index contributed by atoms with van der Waals surface area (Å²) in [7, 11) is 0. The summed E-state index contributed by atoms with van der Waals surface area (Å²) in [5.74, 6) is -0.636. The molecule has 0 unspecified atom stereocenters. The fraction of sp³-hybridized carbons (Fsp3) is 0.114. The van der Waals surface area contributed by atoms with Crippen LogP contribution in [-0.2, 0) is 0 Å². The average Bonchev–Trinajstić information content (AvgIpc) is 3.36. The van der Waals surface area contributed by atoms with E-state index in [1.54, 1.807) is 0 Å². The zero-order valence-electron chi connectivity index (χ0n) is 21.2. The number of nitriles is 2. The first-order chi connectivity index (χ1) is 19.2. The summed E-state index contributed by atoms with van der Waals surface area (Å²) in [5, 5.41) is 20.4. The number of carbonyl (C=O) groups excluding carboxylic acids is 1. The van der Waals surface area contributed by atoms with Crippen LogP contribution in [0.2, 0.25) is 0 Å². The highest BCUT2D eigenvalue weighted by molar-refractivity contribution is 6.02. The van der Waals surface area contributed by atoms with E-state index in [1.165, 1.54) is 0 Å². The molecule has 1 fully saturated rings. The Balaban J connectivity index is 1.67. The van der Waals surface area contributed by atoms with E-state index in [0.717, 1.165) is 22.3 Å². The average molecular weight is 504 g/mol. The van der Waals surface area contributed by atoms with Crippen LogP contribution in [-0.4, -0.2) is 16.7 Å². The Kier molecular flexibility index (Phi) is 6.37. The molecule has 0 N–H and O–H groups in total. The second-order valence-corrected chi connectivity index (χ2v) is 9.85.